The zero-order valence-corrected chi connectivity index (χ0v) is 84.8. The maximum absolute atomic E-state index is 13.2. The van der Waals surface area contributed by atoms with E-state index in [1.54, 1.807) is 97.2 Å². The van der Waals surface area contributed by atoms with E-state index in [4.69, 9.17) is 45.5 Å². The Morgan fingerprint density at radius 1 is 0.431 bits per heavy atom. The number of benzene rings is 6. The molecule has 9 N–H and O–H groups in total. The molecule has 144 heavy (non-hydrogen) atoms. The van der Waals surface area contributed by atoms with Crippen molar-refractivity contribution in [3.8, 4) is 29.0 Å². The first-order chi connectivity index (χ1) is 69.0. The van der Waals surface area contributed by atoms with Gasteiger partial charge in [0.05, 0.1) is 116 Å². The summed E-state index contributed by atoms with van der Waals surface area (Å²) in [5.41, 5.74) is 14.3. The molecule has 6 aromatic carbocycles. The fourth-order valence-corrected chi connectivity index (χ4v) is 17.7. The van der Waals surface area contributed by atoms with E-state index in [-0.39, 0.29) is 122 Å². The van der Waals surface area contributed by atoms with Gasteiger partial charge in [0.1, 0.15) is 17.4 Å². The Bertz CT molecular complexity index is 7670. The van der Waals surface area contributed by atoms with E-state index in [0.29, 0.717) is 121 Å². The zero-order chi connectivity index (χ0) is 99.1. The number of carboxylic acids is 1. The Labute approximate surface area is 873 Å². The molecule has 0 spiro atoms. The summed E-state index contributed by atoms with van der Waals surface area (Å²) in [6, 6.07) is 54.1. The van der Waals surface area contributed by atoms with Crippen LogP contribution in [0.15, 0.2) is 213 Å². The largest absolute Gasteiger partial charge is 1.00 e. The van der Waals surface area contributed by atoms with E-state index in [9.17, 15) is 43.5 Å². The fourth-order valence-electron chi connectivity index (χ4n) is 17.6. The van der Waals surface area contributed by atoms with Crippen LogP contribution in [0.25, 0.3) is 72.8 Å². The third-order valence-corrected chi connectivity index (χ3v) is 26.4. The summed E-state index contributed by atoms with van der Waals surface area (Å²) in [4.78, 5) is 121. The minimum Gasteiger partial charge on any atom is -0.870 e. The first-order valence-corrected chi connectivity index (χ1v) is 47.0. The molecule has 41 heteroatoms. The number of ether oxygens (including phenoxy) is 5. The van der Waals surface area contributed by atoms with Gasteiger partial charge in [0, 0.05) is 137 Å². The Morgan fingerprint density at radius 2 is 0.771 bits per heavy atom. The molecule has 12 heterocycles. The number of hydrogen-bond acceptors (Lipinski definition) is 27. The van der Waals surface area contributed by atoms with E-state index < -0.39 is 17.9 Å². The number of anilines is 5. The molecular weight excluding hydrogens is 1890 g/mol. The van der Waals surface area contributed by atoms with Crippen LogP contribution in [0.2, 0.25) is 5.15 Å². The van der Waals surface area contributed by atoms with Gasteiger partial charge < -0.3 is 81.3 Å². The number of aromatic carboxylic acids is 1. The summed E-state index contributed by atoms with van der Waals surface area (Å²) in [7, 11) is 14.9. The second-order valence-corrected chi connectivity index (χ2v) is 35.4. The maximum Gasteiger partial charge on any atom is 1.00 e. The summed E-state index contributed by atoms with van der Waals surface area (Å²) >= 11 is 6.25. The SMILES string of the molecule is CNc1cc(-n2cc(C(=O)O)c3ccccc32)nn2c(C(=O)NC3CCC3)cnc12.CNc1cc(-n2cc(C(=O)OC)c3ccccc32)nn2c(C(=O)NC3CCC3)cnc12.COC(=O)C1CNc2ccccc21.COC(=O)c1cn(-c2cc(N(C)Cc3ccc(OC)cc3)c3ncc(C(=O)NC4CCC4)n3n2)c2ccccc12.COc1ccc(CN(C)c2cc(Cl)nn3c(C(=O)NC4CCC4)cnc23)cc1.[K+].[OH-]. The topological polar surface area (TPSA) is 459 Å². The van der Waals surface area contributed by atoms with Crippen LogP contribution in [0, 0.1) is 0 Å². The molecule has 4 fully saturated rings. The Balaban J connectivity index is 0.000000132. The second kappa shape index (κ2) is 44.9. The maximum atomic E-state index is 13.2. The summed E-state index contributed by atoms with van der Waals surface area (Å²) in [6.07, 6.45) is 23.6. The van der Waals surface area contributed by atoms with Gasteiger partial charge in [-0.15, -0.1) is 15.3 Å². The van der Waals surface area contributed by atoms with Gasteiger partial charge in [-0.1, -0.05) is 109 Å². The van der Waals surface area contributed by atoms with Crippen LogP contribution in [0.1, 0.15) is 173 Å². The number of imidazole rings is 4. The predicted molar refractivity (Wildman–Crippen MR) is 538 cm³/mol. The number of carboxylic acid groups (broad SMARTS) is 1. The van der Waals surface area contributed by atoms with Gasteiger partial charge in [-0.05, 0) is 142 Å². The van der Waals surface area contributed by atoms with Crippen LogP contribution in [0.4, 0.5) is 28.4 Å². The molecule has 17 aromatic rings. The second-order valence-electron chi connectivity index (χ2n) is 35.0. The molecule has 4 saturated carbocycles. The molecule has 4 amide bonds. The number of esters is 3. The number of carbonyl (C=O) groups excluding carboxylic acids is 7. The van der Waals surface area contributed by atoms with Crippen molar-refractivity contribution >= 4 is 143 Å². The van der Waals surface area contributed by atoms with Crippen molar-refractivity contribution in [3.63, 3.8) is 0 Å². The van der Waals surface area contributed by atoms with E-state index in [0.717, 1.165) is 144 Å². The number of para-hydroxylation sites is 4. The van der Waals surface area contributed by atoms with Crippen LogP contribution in [-0.2, 0) is 32.1 Å². The van der Waals surface area contributed by atoms with E-state index >= 15 is 0 Å². The normalized spacial score (nSPS) is 14.0. The minimum atomic E-state index is -1.01. The quantitative estimate of drug-likeness (QED) is 0.0150. The Morgan fingerprint density at radius 3 is 1.13 bits per heavy atom. The third-order valence-electron chi connectivity index (χ3n) is 26.2. The minimum absolute atomic E-state index is 0. The van der Waals surface area contributed by atoms with Crippen LogP contribution in [0.3, 0.4) is 0 Å². The van der Waals surface area contributed by atoms with Crippen LogP contribution in [-0.4, -0.2) is 225 Å². The van der Waals surface area contributed by atoms with Crippen LogP contribution in [0.5, 0.6) is 11.5 Å². The summed E-state index contributed by atoms with van der Waals surface area (Å²) in [5, 5.41) is 52.1. The van der Waals surface area contributed by atoms with Gasteiger partial charge in [0.2, 0.25) is 0 Å². The number of aromatic nitrogens is 15. The first-order valence-electron chi connectivity index (χ1n) is 46.6. The van der Waals surface area contributed by atoms with Crippen molar-refractivity contribution in [2.24, 2.45) is 0 Å². The van der Waals surface area contributed by atoms with Crippen molar-refractivity contribution < 1.29 is 124 Å². The molecule has 1 aliphatic heterocycles. The van der Waals surface area contributed by atoms with Crippen molar-refractivity contribution in [3.05, 3.63) is 275 Å². The Hall–Kier alpha value is -15.3. The molecule has 11 aromatic heterocycles. The molecule has 1 unspecified atom stereocenters. The van der Waals surface area contributed by atoms with E-state index in [2.05, 4.69) is 72.3 Å². The monoisotopic (exact) mass is 1990 g/mol. The van der Waals surface area contributed by atoms with Gasteiger partial charge in [-0.2, -0.15) is 5.10 Å². The Kier molecular flexibility index (Phi) is 31.7. The molecule has 22 rings (SSSR count). The molecule has 736 valence electrons. The molecule has 39 nitrogen and oxygen atoms in total. The van der Waals surface area contributed by atoms with Gasteiger partial charge >= 0.3 is 75.3 Å². The number of hydrogen-bond donors (Lipinski definition) is 8. The predicted octanol–water partition coefficient (Wildman–Crippen LogP) is 11.4. The van der Waals surface area contributed by atoms with Crippen molar-refractivity contribution in [1.82, 2.24) is 93.4 Å². The molecule has 4 aliphatic carbocycles. The van der Waals surface area contributed by atoms with E-state index in [1.165, 1.54) is 42.8 Å². The van der Waals surface area contributed by atoms with Crippen molar-refractivity contribution in [1.29, 1.82) is 0 Å². The standard InChI is InChI=1S/C30H30N6O4.C22H22N6O3.C21H20N6O3.C20H22ClN5O2.C10H11NO2.K.H2O/c1-34(17-19-11-13-21(39-2)14-12-19)25-15-27(35-18-23(30(38)40-3)22-9-4-5-10-24(22)35)33-36-26(16-31-28(25)36)29(37)32-20-7-6-8-20;1-23-16-10-19(27-12-15(22(30)31-2)14-8-3-4-9-17(14)27)26-28-18(11-24-20(16)28)21(29)25-13-6-5-7-13;1-22-15-9-18(26-11-14(21(29)30)13-7-2-3-8-16(13)26)25-27-17(10-23-19(15)27)20(28)24-12-5-4-6-12;1-25(12-13-6-8-15(28-2)9-7-13)16-10-18(21)24-26-17(11-22-19(16)26)20(27)23-14-4-3-5-14;1-13-10(12)8-6-11-9-5-3-2-4-7(8)9;;/h4-5,9-16,18,20H,6-8,17H2,1-3H3,(H,32,37);3-4,8-13,23H,5-7H2,1-2H3,(H,25,29);2-3,7-12,22H,4-6H2,1H3,(H,24,28)(H,29,30);6-11,14H,3-5,12H2,1-2H3,(H,23,27);2-5,8,11H,6H2,1H3;;1H2/q;;;;;+1;/p-1. The number of halogens is 1. The van der Waals surface area contributed by atoms with Crippen molar-refractivity contribution in [2.75, 3.05) is 96.0 Å². The van der Waals surface area contributed by atoms with Gasteiger partial charge in [0.25, 0.3) is 23.6 Å². The van der Waals surface area contributed by atoms with Crippen LogP contribution >= 0.6 is 11.6 Å². The number of nitrogens with zero attached hydrogens (tertiary/aromatic N) is 17. The number of nitrogens with one attached hydrogen (secondary N) is 7. The smallest absolute Gasteiger partial charge is 0.870 e. The number of amides is 4. The fraction of sp³-hybridized carbons (Fsp3) is 0.282. The molecule has 0 radical (unpaired) electrons. The molecular formula is C103H106ClKN24O15. The third kappa shape index (κ3) is 21.1. The summed E-state index contributed by atoms with van der Waals surface area (Å²) in [5.74, 6) is 0.183. The zero-order valence-electron chi connectivity index (χ0n) is 80.9. The average molecular weight is 1990 g/mol. The molecule has 0 saturated heterocycles. The number of carbonyl (C=O) groups is 8. The van der Waals surface area contributed by atoms with Gasteiger partial charge in [0.15, 0.2) is 68.0 Å². The van der Waals surface area contributed by atoms with Crippen LogP contribution < -0.4 is 108 Å². The molecule has 1 atom stereocenters. The average Bonchev–Trinajstić information content (AvgIpc) is 1.60. The number of methoxy groups -OCH3 is 5. The van der Waals surface area contributed by atoms with Crippen molar-refractivity contribution in [2.45, 2.75) is 120 Å². The van der Waals surface area contributed by atoms with Gasteiger partial charge in [-0.25, -0.2) is 52.4 Å². The summed E-state index contributed by atoms with van der Waals surface area (Å²) in [6.45, 7) is 1.88. The van der Waals surface area contributed by atoms with Gasteiger partial charge in [-0.3, -0.25) is 37.7 Å². The van der Waals surface area contributed by atoms with E-state index in [1.807, 2.05) is 174 Å². The number of fused-ring (bicyclic) bond motifs is 8. The molecule has 5 aliphatic rings. The number of rotatable bonds is 25. The first kappa shape index (κ1) is 102. The summed E-state index contributed by atoms with van der Waals surface area (Å²) < 4.78 is 36.7. The molecule has 0 bridgehead atoms.